The number of para-hydroxylation sites is 1. The highest BCUT2D eigenvalue weighted by atomic mass is 32.2. The number of benzene rings is 2. The predicted molar refractivity (Wildman–Crippen MR) is 121 cm³/mol. The summed E-state index contributed by atoms with van der Waals surface area (Å²) in [7, 11) is 0. The van der Waals surface area contributed by atoms with Crippen molar-refractivity contribution < 1.29 is 9.53 Å². The lowest BCUT2D eigenvalue weighted by molar-refractivity contribution is 0.122. The van der Waals surface area contributed by atoms with Crippen LogP contribution in [-0.2, 0) is 4.74 Å². The fraction of sp³-hybridized carbons (Fsp3) is 0.227. The molecule has 2 N–H and O–H groups in total. The van der Waals surface area contributed by atoms with Crippen molar-refractivity contribution in [1.29, 1.82) is 0 Å². The van der Waals surface area contributed by atoms with Crippen LogP contribution in [0.1, 0.15) is 0 Å². The molecule has 154 valence electrons. The SMILES string of the molecule is CSc1cnc(-c2ccc(NC(=O)Nc3ccccc3)cc2)nc1N1CCOCC1. The van der Waals surface area contributed by atoms with Crippen LogP contribution in [-0.4, -0.2) is 48.6 Å². The van der Waals surface area contributed by atoms with E-state index in [9.17, 15) is 4.79 Å². The third kappa shape index (κ3) is 4.90. The summed E-state index contributed by atoms with van der Waals surface area (Å²) in [6.45, 7) is 3.06. The molecule has 0 saturated carbocycles. The maximum Gasteiger partial charge on any atom is 0.323 e. The predicted octanol–water partition coefficient (Wildman–Crippen LogP) is 4.35. The molecule has 0 radical (unpaired) electrons. The molecule has 2 aromatic carbocycles. The molecule has 0 spiro atoms. The van der Waals surface area contributed by atoms with E-state index < -0.39 is 0 Å². The first-order valence-electron chi connectivity index (χ1n) is 9.70. The van der Waals surface area contributed by atoms with Crippen molar-refractivity contribution in [3.8, 4) is 11.4 Å². The number of nitrogens with one attached hydrogen (secondary N) is 2. The van der Waals surface area contributed by atoms with Gasteiger partial charge in [-0.1, -0.05) is 18.2 Å². The second-order valence-corrected chi connectivity index (χ2v) is 7.56. The number of amides is 2. The van der Waals surface area contributed by atoms with Crippen molar-refractivity contribution in [2.45, 2.75) is 4.90 Å². The van der Waals surface area contributed by atoms with Gasteiger partial charge in [0.1, 0.15) is 5.82 Å². The van der Waals surface area contributed by atoms with Gasteiger partial charge < -0.3 is 20.3 Å². The standard InChI is InChI=1S/C22H23N5O2S/c1-30-19-15-23-20(26-21(19)27-11-13-29-14-12-27)16-7-9-18(10-8-16)25-22(28)24-17-5-3-2-4-6-17/h2-10,15H,11-14H2,1H3,(H2,24,25,28). The van der Waals surface area contributed by atoms with Gasteiger partial charge >= 0.3 is 6.03 Å². The Kier molecular flexibility index (Phi) is 6.46. The lowest BCUT2D eigenvalue weighted by atomic mass is 10.2. The van der Waals surface area contributed by atoms with Crippen molar-refractivity contribution in [3.05, 3.63) is 60.8 Å². The molecule has 0 bridgehead atoms. The van der Waals surface area contributed by atoms with Crippen LogP contribution in [0.3, 0.4) is 0 Å². The van der Waals surface area contributed by atoms with E-state index in [1.54, 1.807) is 11.8 Å². The Hall–Kier alpha value is -3.10. The molecular formula is C22H23N5O2S. The van der Waals surface area contributed by atoms with Crippen LogP contribution in [0, 0.1) is 0 Å². The average molecular weight is 422 g/mol. The molecule has 1 fully saturated rings. The number of aromatic nitrogens is 2. The zero-order valence-corrected chi connectivity index (χ0v) is 17.5. The second-order valence-electron chi connectivity index (χ2n) is 6.71. The maximum absolute atomic E-state index is 12.2. The minimum absolute atomic E-state index is 0.288. The number of rotatable bonds is 5. The van der Waals surface area contributed by atoms with Crippen molar-refractivity contribution in [2.75, 3.05) is 48.1 Å². The van der Waals surface area contributed by atoms with E-state index in [1.165, 1.54) is 0 Å². The Bertz CT molecular complexity index is 992. The number of hydrogen-bond donors (Lipinski definition) is 2. The van der Waals surface area contributed by atoms with Gasteiger partial charge in [0.25, 0.3) is 0 Å². The number of thioether (sulfide) groups is 1. The molecule has 0 unspecified atom stereocenters. The van der Waals surface area contributed by atoms with Crippen LogP contribution in [0.4, 0.5) is 22.0 Å². The van der Waals surface area contributed by atoms with E-state index in [4.69, 9.17) is 9.72 Å². The molecule has 30 heavy (non-hydrogen) atoms. The summed E-state index contributed by atoms with van der Waals surface area (Å²) >= 11 is 1.64. The fourth-order valence-electron chi connectivity index (χ4n) is 3.16. The summed E-state index contributed by atoms with van der Waals surface area (Å²) in [6, 6.07) is 16.6. The topological polar surface area (TPSA) is 79.4 Å². The fourth-order valence-corrected chi connectivity index (χ4v) is 3.68. The molecule has 2 amide bonds. The number of nitrogens with zero attached hydrogens (tertiary/aromatic N) is 3. The summed E-state index contributed by atoms with van der Waals surface area (Å²) in [6.07, 6.45) is 3.90. The number of ether oxygens (including phenoxy) is 1. The first-order valence-corrected chi connectivity index (χ1v) is 10.9. The van der Waals surface area contributed by atoms with Gasteiger partial charge in [-0.05, 0) is 42.7 Å². The van der Waals surface area contributed by atoms with Gasteiger partial charge in [0.2, 0.25) is 0 Å². The van der Waals surface area contributed by atoms with Crippen LogP contribution in [0.5, 0.6) is 0 Å². The van der Waals surface area contributed by atoms with Gasteiger partial charge in [0.05, 0.1) is 18.1 Å². The Labute approximate surface area is 179 Å². The Balaban J connectivity index is 1.47. The molecule has 0 atom stereocenters. The van der Waals surface area contributed by atoms with E-state index in [-0.39, 0.29) is 6.03 Å². The van der Waals surface area contributed by atoms with Gasteiger partial charge in [-0.15, -0.1) is 11.8 Å². The molecule has 4 rings (SSSR count). The van der Waals surface area contributed by atoms with Crippen molar-refractivity contribution in [2.24, 2.45) is 0 Å². The lowest BCUT2D eigenvalue weighted by Crippen LogP contribution is -2.37. The van der Waals surface area contributed by atoms with Crippen LogP contribution >= 0.6 is 11.8 Å². The smallest absolute Gasteiger partial charge is 0.323 e. The zero-order chi connectivity index (χ0) is 20.8. The molecule has 7 nitrogen and oxygen atoms in total. The summed E-state index contributed by atoms with van der Waals surface area (Å²) in [5, 5.41) is 5.63. The molecular weight excluding hydrogens is 398 g/mol. The molecule has 2 heterocycles. The number of anilines is 3. The zero-order valence-electron chi connectivity index (χ0n) is 16.7. The highest BCUT2D eigenvalue weighted by Gasteiger charge is 2.18. The normalized spacial score (nSPS) is 13.7. The van der Waals surface area contributed by atoms with E-state index in [0.29, 0.717) is 24.7 Å². The largest absolute Gasteiger partial charge is 0.378 e. The molecule has 1 aromatic heterocycles. The quantitative estimate of drug-likeness (QED) is 0.597. The van der Waals surface area contributed by atoms with Crippen LogP contribution < -0.4 is 15.5 Å². The minimum atomic E-state index is -0.288. The number of carbonyl (C=O) groups excluding carboxylic acids is 1. The Morgan fingerprint density at radius 3 is 2.33 bits per heavy atom. The number of urea groups is 1. The second kappa shape index (κ2) is 9.60. The maximum atomic E-state index is 12.2. The van der Waals surface area contributed by atoms with E-state index in [2.05, 4.69) is 20.5 Å². The highest BCUT2D eigenvalue weighted by Crippen LogP contribution is 2.29. The highest BCUT2D eigenvalue weighted by molar-refractivity contribution is 7.98. The third-order valence-electron chi connectivity index (χ3n) is 4.70. The number of hydrogen-bond acceptors (Lipinski definition) is 6. The van der Waals surface area contributed by atoms with Crippen molar-refractivity contribution >= 4 is 35.0 Å². The minimum Gasteiger partial charge on any atom is -0.378 e. The van der Waals surface area contributed by atoms with Crippen LogP contribution in [0.2, 0.25) is 0 Å². The first-order chi connectivity index (χ1) is 14.7. The van der Waals surface area contributed by atoms with Crippen LogP contribution in [0.25, 0.3) is 11.4 Å². The van der Waals surface area contributed by atoms with Gasteiger partial charge in [-0.25, -0.2) is 14.8 Å². The van der Waals surface area contributed by atoms with Gasteiger partial charge in [0, 0.05) is 36.2 Å². The summed E-state index contributed by atoms with van der Waals surface area (Å²) in [5.41, 5.74) is 2.33. The number of morpholine rings is 1. The van der Waals surface area contributed by atoms with Crippen molar-refractivity contribution in [3.63, 3.8) is 0 Å². The van der Waals surface area contributed by atoms with Crippen LogP contribution in [0.15, 0.2) is 65.7 Å². The molecule has 1 saturated heterocycles. The van der Waals surface area contributed by atoms with Crippen molar-refractivity contribution in [1.82, 2.24) is 9.97 Å². The molecule has 1 aliphatic heterocycles. The lowest BCUT2D eigenvalue weighted by Gasteiger charge is -2.29. The molecule has 3 aromatic rings. The van der Waals surface area contributed by atoms with Gasteiger partial charge in [-0.2, -0.15) is 0 Å². The monoisotopic (exact) mass is 421 g/mol. The van der Waals surface area contributed by atoms with E-state index in [1.807, 2.05) is 67.0 Å². The summed E-state index contributed by atoms with van der Waals surface area (Å²) < 4.78 is 5.46. The Morgan fingerprint density at radius 2 is 1.67 bits per heavy atom. The summed E-state index contributed by atoms with van der Waals surface area (Å²) in [5.74, 6) is 1.61. The molecule has 1 aliphatic rings. The Morgan fingerprint density at radius 1 is 1.00 bits per heavy atom. The van der Waals surface area contributed by atoms with Gasteiger partial charge in [0.15, 0.2) is 5.82 Å². The molecule has 8 heteroatoms. The third-order valence-corrected chi connectivity index (χ3v) is 5.43. The van der Waals surface area contributed by atoms with E-state index in [0.717, 1.165) is 35.1 Å². The van der Waals surface area contributed by atoms with Gasteiger partial charge in [-0.3, -0.25) is 0 Å². The van der Waals surface area contributed by atoms with E-state index >= 15 is 0 Å². The summed E-state index contributed by atoms with van der Waals surface area (Å²) in [4.78, 5) is 24.8. The first kappa shape index (κ1) is 20.2. The average Bonchev–Trinajstić information content (AvgIpc) is 2.80. The molecule has 0 aliphatic carbocycles. The number of carbonyl (C=O) groups is 1.